The van der Waals surface area contributed by atoms with E-state index in [9.17, 15) is 4.79 Å². The van der Waals surface area contributed by atoms with Crippen molar-refractivity contribution in [3.63, 3.8) is 0 Å². The predicted molar refractivity (Wildman–Crippen MR) is 67.8 cm³/mol. The Kier molecular flexibility index (Phi) is 1.85. The third-order valence-electron chi connectivity index (χ3n) is 2.89. The van der Waals surface area contributed by atoms with E-state index in [1.54, 1.807) is 22.8 Å². The fraction of sp³-hybridized carbons (Fsp3) is 0. The van der Waals surface area contributed by atoms with E-state index in [-0.39, 0.29) is 5.56 Å². The Bertz CT molecular complexity index is 914. The summed E-state index contributed by atoms with van der Waals surface area (Å²) < 4.78 is 3.06. The Morgan fingerprint density at radius 3 is 2.84 bits per heavy atom. The predicted octanol–water partition coefficient (Wildman–Crippen LogP) is 0.732. The van der Waals surface area contributed by atoms with Crippen molar-refractivity contribution in [2.24, 2.45) is 0 Å². The zero-order valence-corrected chi connectivity index (χ0v) is 9.69. The maximum atomic E-state index is 11.6. The summed E-state index contributed by atoms with van der Waals surface area (Å²) in [4.78, 5) is 20.0. The number of rotatable bonds is 1. The van der Waals surface area contributed by atoms with E-state index in [0.29, 0.717) is 11.3 Å². The van der Waals surface area contributed by atoms with Gasteiger partial charge in [0, 0.05) is 36.8 Å². The molecule has 4 rings (SSSR count). The minimum absolute atomic E-state index is 0.155. The third-order valence-corrected chi connectivity index (χ3v) is 2.89. The van der Waals surface area contributed by atoms with Crippen LogP contribution >= 0.6 is 0 Å². The number of nitrogens with one attached hydrogen (secondary N) is 1. The van der Waals surface area contributed by atoms with E-state index < -0.39 is 0 Å². The van der Waals surface area contributed by atoms with Gasteiger partial charge in [-0.1, -0.05) is 0 Å². The number of fused-ring (bicyclic) bond motifs is 2. The van der Waals surface area contributed by atoms with E-state index in [0.717, 1.165) is 11.3 Å². The van der Waals surface area contributed by atoms with Gasteiger partial charge in [0.1, 0.15) is 5.69 Å². The minimum atomic E-state index is -0.155. The van der Waals surface area contributed by atoms with Crippen molar-refractivity contribution in [3.8, 4) is 11.4 Å². The summed E-state index contributed by atoms with van der Waals surface area (Å²) in [5.41, 5.74) is 2.59. The summed E-state index contributed by atoms with van der Waals surface area (Å²) >= 11 is 0. The Labute approximate surface area is 106 Å². The fourth-order valence-corrected chi connectivity index (χ4v) is 2.01. The van der Waals surface area contributed by atoms with Gasteiger partial charge in [0.05, 0.1) is 5.69 Å². The molecule has 0 saturated heterocycles. The molecule has 1 N–H and O–H groups in total. The van der Waals surface area contributed by atoms with Crippen LogP contribution in [0, 0.1) is 0 Å². The molecule has 0 aliphatic heterocycles. The third kappa shape index (κ3) is 1.45. The van der Waals surface area contributed by atoms with Gasteiger partial charge >= 0.3 is 0 Å². The first-order valence-corrected chi connectivity index (χ1v) is 5.69. The van der Waals surface area contributed by atoms with Crippen LogP contribution in [-0.2, 0) is 0 Å². The van der Waals surface area contributed by atoms with Crippen LogP contribution < -0.4 is 5.56 Å². The molecule has 0 aliphatic rings. The van der Waals surface area contributed by atoms with Crippen LogP contribution in [-0.4, -0.2) is 29.2 Å². The summed E-state index contributed by atoms with van der Waals surface area (Å²) in [6.45, 7) is 0. The van der Waals surface area contributed by atoms with Crippen LogP contribution in [0.15, 0.2) is 47.7 Å². The number of H-pyrrole nitrogens is 1. The van der Waals surface area contributed by atoms with Crippen LogP contribution in [0.25, 0.3) is 22.7 Å². The zero-order chi connectivity index (χ0) is 12.8. The Hall–Kier alpha value is -2.96. The highest BCUT2D eigenvalue weighted by atomic mass is 16.1. The number of hydrogen-bond acceptors (Lipinski definition) is 4. The first-order chi connectivity index (χ1) is 9.31. The first-order valence-electron chi connectivity index (χ1n) is 5.69. The molecule has 4 aromatic rings. The molecule has 0 aliphatic carbocycles. The van der Waals surface area contributed by atoms with Gasteiger partial charge in [-0.2, -0.15) is 5.10 Å². The summed E-state index contributed by atoms with van der Waals surface area (Å²) in [6, 6.07) is 6.83. The highest BCUT2D eigenvalue weighted by molar-refractivity contribution is 5.64. The van der Waals surface area contributed by atoms with Gasteiger partial charge in [-0.15, -0.1) is 0 Å². The van der Waals surface area contributed by atoms with E-state index >= 15 is 0 Å². The van der Waals surface area contributed by atoms with Crippen LogP contribution in [0.2, 0.25) is 0 Å². The summed E-state index contributed by atoms with van der Waals surface area (Å²) in [7, 11) is 0. The highest BCUT2D eigenvalue weighted by Crippen LogP contribution is 2.17. The van der Waals surface area contributed by atoms with Gasteiger partial charge in [0.2, 0.25) is 0 Å². The molecular formula is C12H8N6O. The molecule has 7 nitrogen and oxygen atoms in total. The molecule has 0 spiro atoms. The first kappa shape index (κ1) is 10.0. The van der Waals surface area contributed by atoms with Gasteiger partial charge in [-0.3, -0.25) is 9.89 Å². The quantitative estimate of drug-likeness (QED) is 0.541. The SMILES string of the molecule is O=c1ccnc2cc(-c3cc4ncccn4n3)[nH]n12. The molecular weight excluding hydrogens is 244 g/mol. The van der Waals surface area contributed by atoms with Gasteiger partial charge in [-0.25, -0.2) is 19.0 Å². The van der Waals surface area contributed by atoms with Crippen molar-refractivity contribution in [2.75, 3.05) is 0 Å². The summed E-state index contributed by atoms with van der Waals surface area (Å²) in [6.07, 6.45) is 5.01. The lowest BCUT2D eigenvalue weighted by Gasteiger charge is -1.89. The standard InChI is InChI=1S/C12H8N6O/c19-12-2-4-14-11-7-9(16-18(11)12)8-6-10-13-3-1-5-17(10)15-8/h1-7,16H. The maximum absolute atomic E-state index is 11.6. The minimum Gasteiger partial charge on any atom is -0.287 e. The smallest absolute Gasteiger partial charge is 0.272 e. The van der Waals surface area contributed by atoms with Crippen molar-refractivity contribution in [1.82, 2.24) is 29.2 Å². The molecule has 0 amide bonds. The second-order valence-corrected chi connectivity index (χ2v) is 4.10. The largest absolute Gasteiger partial charge is 0.287 e. The van der Waals surface area contributed by atoms with Crippen LogP contribution in [0.5, 0.6) is 0 Å². The molecule has 4 aromatic heterocycles. The number of hydrogen-bond donors (Lipinski definition) is 1. The van der Waals surface area contributed by atoms with E-state index in [1.807, 2.05) is 12.3 Å². The van der Waals surface area contributed by atoms with E-state index in [4.69, 9.17) is 0 Å². The molecule has 7 heteroatoms. The molecule has 0 atom stereocenters. The molecule has 0 bridgehead atoms. The van der Waals surface area contributed by atoms with Crippen LogP contribution in [0.4, 0.5) is 0 Å². The van der Waals surface area contributed by atoms with Crippen molar-refractivity contribution in [1.29, 1.82) is 0 Å². The number of nitrogens with zero attached hydrogens (tertiary/aromatic N) is 5. The zero-order valence-electron chi connectivity index (χ0n) is 9.69. The van der Waals surface area contributed by atoms with Crippen molar-refractivity contribution >= 4 is 11.3 Å². The molecule has 92 valence electrons. The van der Waals surface area contributed by atoms with E-state index in [1.165, 1.54) is 16.8 Å². The lowest BCUT2D eigenvalue weighted by Crippen LogP contribution is -2.12. The van der Waals surface area contributed by atoms with Crippen molar-refractivity contribution in [3.05, 3.63) is 53.2 Å². The molecule has 0 radical (unpaired) electrons. The normalized spacial score (nSPS) is 11.4. The lowest BCUT2D eigenvalue weighted by molar-refractivity contribution is 0.893. The number of aromatic nitrogens is 6. The van der Waals surface area contributed by atoms with Crippen LogP contribution in [0.3, 0.4) is 0 Å². The maximum Gasteiger partial charge on any atom is 0.272 e. The molecule has 19 heavy (non-hydrogen) atoms. The Morgan fingerprint density at radius 1 is 1.11 bits per heavy atom. The van der Waals surface area contributed by atoms with Gasteiger partial charge in [0.25, 0.3) is 5.56 Å². The second kappa shape index (κ2) is 3.52. The fourth-order valence-electron chi connectivity index (χ4n) is 2.01. The molecule has 0 unspecified atom stereocenters. The van der Waals surface area contributed by atoms with Crippen molar-refractivity contribution < 1.29 is 0 Å². The summed E-state index contributed by atoms with van der Waals surface area (Å²) in [5, 5.41) is 7.37. The van der Waals surface area contributed by atoms with Gasteiger partial charge in [0.15, 0.2) is 11.3 Å². The Balaban J connectivity index is 1.98. The topological polar surface area (TPSA) is 80.3 Å². The molecule has 0 fully saturated rings. The Morgan fingerprint density at radius 2 is 2.00 bits per heavy atom. The highest BCUT2D eigenvalue weighted by Gasteiger charge is 2.09. The molecule has 0 saturated carbocycles. The van der Waals surface area contributed by atoms with Gasteiger partial charge in [-0.05, 0) is 6.07 Å². The second-order valence-electron chi connectivity index (χ2n) is 4.10. The lowest BCUT2D eigenvalue weighted by atomic mass is 10.3. The van der Waals surface area contributed by atoms with Crippen LogP contribution in [0.1, 0.15) is 0 Å². The average Bonchev–Trinajstić information content (AvgIpc) is 3.02. The monoisotopic (exact) mass is 252 g/mol. The number of aromatic amines is 1. The van der Waals surface area contributed by atoms with Crippen molar-refractivity contribution in [2.45, 2.75) is 0 Å². The summed E-state index contributed by atoms with van der Waals surface area (Å²) in [5.74, 6) is 0. The molecule has 4 heterocycles. The molecule has 0 aromatic carbocycles. The van der Waals surface area contributed by atoms with Gasteiger partial charge < -0.3 is 0 Å². The average molecular weight is 252 g/mol. The van der Waals surface area contributed by atoms with E-state index in [2.05, 4.69) is 20.2 Å².